The number of alkyl halides is 9. The fourth-order valence-electron chi connectivity index (χ4n) is 2.30. The number of nitrogens with one attached hydrogen (secondary N) is 2. The SMILES string of the molecule is FC(F)(F)C(F)(F)C(F)(F)C(F)(F)C1CC(c2ccccc2)NN1. The second-order valence-corrected chi connectivity index (χ2v) is 5.31. The molecule has 0 amide bonds. The number of hydrogen-bond donors (Lipinski definition) is 2. The average molecular weight is 366 g/mol. The van der Waals surface area contributed by atoms with Crippen molar-refractivity contribution >= 4 is 0 Å². The highest BCUT2D eigenvalue weighted by molar-refractivity contribution is 5.21. The summed E-state index contributed by atoms with van der Waals surface area (Å²) >= 11 is 0. The van der Waals surface area contributed by atoms with E-state index in [2.05, 4.69) is 5.43 Å². The molecule has 2 rings (SSSR count). The maximum Gasteiger partial charge on any atom is 0.460 e. The molecule has 0 aliphatic carbocycles. The van der Waals surface area contributed by atoms with Crippen LogP contribution in [0, 0.1) is 0 Å². The number of halogens is 9. The molecule has 0 saturated carbocycles. The van der Waals surface area contributed by atoms with E-state index >= 15 is 0 Å². The summed E-state index contributed by atoms with van der Waals surface area (Å²) in [6.07, 6.45) is -7.62. The van der Waals surface area contributed by atoms with E-state index in [9.17, 15) is 39.5 Å². The zero-order valence-electron chi connectivity index (χ0n) is 11.7. The van der Waals surface area contributed by atoms with Gasteiger partial charge in [0.05, 0.1) is 6.04 Å². The number of rotatable bonds is 4. The molecule has 1 aromatic rings. The molecular formula is C13H11F9N2. The maximum atomic E-state index is 13.8. The molecule has 0 radical (unpaired) electrons. The van der Waals surface area contributed by atoms with E-state index in [-0.39, 0.29) is 0 Å². The monoisotopic (exact) mass is 366 g/mol. The van der Waals surface area contributed by atoms with Crippen LogP contribution >= 0.6 is 0 Å². The normalized spacial score (nSPS) is 23.5. The first-order valence-corrected chi connectivity index (χ1v) is 6.58. The lowest BCUT2D eigenvalue weighted by Gasteiger charge is -2.36. The summed E-state index contributed by atoms with van der Waals surface area (Å²) in [5.41, 5.74) is 4.28. The summed E-state index contributed by atoms with van der Waals surface area (Å²) in [4.78, 5) is 0. The van der Waals surface area contributed by atoms with Gasteiger partial charge in [0, 0.05) is 6.04 Å². The quantitative estimate of drug-likeness (QED) is 0.786. The average Bonchev–Trinajstić information content (AvgIpc) is 2.97. The van der Waals surface area contributed by atoms with Crippen LogP contribution in [0.2, 0.25) is 0 Å². The zero-order chi connectivity index (χ0) is 18.4. The van der Waals surface area contributed by atoms with E-state index in [1.54, 1.807) is 11.5 Å². The highest BCUT2D eigenvalue weighted by Gasteiger charge is 2.83. The molecule has 2 atom stereocenters. The molecule has 2 nitrogen and oxygen atoms in total. The van der Waals surface area contributed by atoms with Crippen LogP contribution in [0.1, 0.15) is 18.0 Å². The van der Waals surface area contributed by atoms with E-state index in [1.165, 1.54) is 24.3 Å². The molecule has 1 aromatic carbocycles. The van der Waals surface area contributed by atoms with Gasteiger partial charge in [-0.1, -0.05) is 30.3 Å². The van der Waals surface area contributed by atoms with Crippen LogP contribution in [0.25, 0.3) is 0 Å². The molecule has 136 valence electrons. The molecule has 1 fully saturated rings. The van der Waals surface area contributed by atoms with E-state index < -0.39 is 42.4 Å². The van der Waals surface area contributed by atoms with Gasteiger partial charge in [0.15, 0.2) is 0 Å². The first-order chi connectivity index (χ1) is 10.8. The summed E-state index contributed by atoms with van der Waals surface area (Å²) in [6.45, 7) is 0. The molecule has 24 heavy (non-hydrogen) atoms. The lowest BCUT2D eigenvalue weighted by Crippen LogP contribution is -2.66. The van der Waals surface area contributed by atoms with Crippen LogP contribution in [-0.4, -0.2) is 30.0 Å². The molecular weight excluding hydrogens is 355 g/mol. The van der Waals surface area contributed by atoms with Gasteiger partial charge in [-0.15, -0.1) is 0 Å². The van der Waals surface area contributed by atoms with E-state index in [4.69, 9.17) is 0 Å². The smallest absolute Gasteiger partial charge is 0.250 e. The Bertz CT molecular complexity index is 571. The molecule has 1 aliphatic heterocycles. The maximum absolute atomic E-state index is 13.8. The van der Waals surface area contributed by atoms with Crippen molar-refractivity contribution < 1.29 is 39.5 Å². The van der Waals surface area contributed by atoms with Crippen LogP contribution in [0.3, 0.4) is 0 Å². The Kier molecular flexibility index (Phi) is 4.55. The predicted octanol–water partition coefficient (Wildman–Crippen LogP) is 4.06. The van der Waals surface area contributed by atoms with Crippen molar-refractivity contribution in [3.63, 3.8) is 0 Å². The van der Waals surface area contributed by atoms with Gasteiger partial charge in [-0.05, 0) is 12.0 Å². The summed E-state index contributed by atoms with van der Waals surface area (Å²) in [5, 5.41) is 0. The second kappa shape index (κ2) is 5.80. The van der Waals surface area contributed by atoms with Gasteiger partial charge in [-0.2, -0.15) is 39.5 Å². The third kappa shape index (κ3) is 2.83. The molecule has 2 unspecified atom stereocenters. The van der Waals surface area contributed by atoms with Gasteiger partial charge in [0.2, 0.25) is 0 Å². The van der Waals surface area contributed by atoms with E-state index in [0.29, 0.717) is 5.56 Å². The van der Waals surface area contributed by atoms with Crippen molar-refractivity contribution in [3.05, 3.63) is 35.9 Å². The minimum atomic E-state index is -6.88. The minimum Gasteiger partial charge on any atom is -0.250 e. The summed E-state index contributed by atoms with van der Waals surface area (Å²) in [7, 11) is 0. The van der Waals surface area contributed by atoms with Gasteiger partial charge >= 0.3 is 23.9 Å². The highest BCUT2D eigenvalue weighted by atomic mass is 19.4. The molecule has 1 heterocycles. The van der Waals surface area contributed by atoms with Crippen LogP contribution in [0.5, 0.6) is 0 Å². The summed E-state index contributed by atoms with van der Waals surface area (Å²) < 4.78 is 116. The number of benzene rings is 1. The minimum absolute atomic E-state index is 0.384. The predicted molar refractivity (Wildman–Crippen MR) is 64.8 cm³/mol. The van der Waals surface area contributed by atoms with Crippen LogP contribution < -0.4 is 10.9 Å². The van der Waals surface area contributed by atoms with Crippen molar-refractivity contribution in [1.29, 1.82) is 0 Å². The van der Waals surface area contributed by atoms with Crippen molar-refractivity contribution in [2.24, 2.45) is 0 Å². The molecule has 1 saturated heterocycles. The van der Waals surface area contributed by atoms with Crippen molar-refractivity contribution in [2.45, 2.75) is 42.4 Å². The van der Waals surface area contributed by atoms with Crippen molar-refractivity contribution in [1.82, 2.24) is 10.9 Å². The van der Waals surface area contributed by atoms with Crippen LogP contribution in [0.4, 0.5) is 39.5 Å². The molecule has 0 bridgehead atoms. The van der Waals surface area contributed by atoms with Gasteiger partial charge in [-0.25, -0.2) is 10.9 Å². The van der Waals surface area contributed by atoms with Crippen molar-refractivity contribution in [3.8, 4) is 0 Å². The van der Waals surface area contributed by atoms with Crippen LogP contribution in [-0.2, 0) is 0 Å². The Morgan fingerprint density at radius 1 is 0.750 bits per heavy atom. The number of hydrazine groups is 1. The fraction of sp³-hybridized carbons (Fsp3) is 0.538. The number of hydrogen-bond acceptors (Lipinski definition) is 2. The van der Waals surface area contributed by atoms with Gasteiger partial charge < -0.3 is 0 Å². The molecule has 11 heteroatoms. The lowest BCUT2D eigenvalue weighted by molar-refractivity contribution is -0.399. The molecule has 1 aliphatic rings. The van der Waals surface area contributed by atoms with Gasteiger partial charge in [0.1, 0.15) is 0 Å². The standard InChI is InChI=1S/C13H11F9N2/c14-10(15,11(16,17)12(18,19)13(20,21)22)9-6-8(23-24-9)7-4-2-1-3-5-7/h1-5,8-9,23-24H,6H2. The van der Waals surface area contributed by atoms with Crippen LogP contribution in [0.15, 0.2) is 30.3 Å². The Labute approximate surface area is 130 Å². The Morgan fingerprint density at radius 3 is 1.79 bits per heavy atom. The molecule has 0 aromatic heterocycles. The largest absolute Gasteiger partial charge is 0.460 e. The Hall–Kier alpha value is -1.49. The summed E-state index contributed by atoms with van der Waals surface area (Å²) in [5.74, 6) is -19.2. The second-order valence-electron chi connectivity index (χ2n) is 5.31. The molecule has 0 spiro atoms. The molecule has 2 N–H and O–H groups in total. The van der Waals surface area contributed by atoms with Gasteiger partial charge in [0.25, 0.3) is 0 Å². The third-order valence-electron chi connectivity index (χ3n) is 3.71. The first-order valence-electron chi connectivity index (χ1n) is 6.58. The Balaban J connectivity index is 2.24. The zero-order valence-corrected chi connectivity index (χ0v) is 11.7. The summed E-state index contributed by atoms with van der Waals surface area (Å²) in [6, 6.07) is 3.99. The fourth-order valence-corrected chi connectivity index (χ4v) is 2.30. The first kappa shape index (κ1) is 18.8. The topological polar surface area (TPSA) is 24.1 Å². The van der Waals surface area contributed by atoms with Gasteiger partial charge in [-0.3, -0.25) is 0 Å². The lowest BCUT2D eigenvalue weighted by atomic mass is 9.92. The van der Waals surface area contributed by atoms with E-state index in [0.717, 1.165) is 0 Å². The van der Waals surface area contributed by atoms with Crippen molar-refractivity contribution in [2.75, 3.05) is 0 Å². The Morgan fingerprint density at radius 2 is 1.29 bits per heavy atom. The third-order valence-corrected chi connectivity index (χ3v) is 3.71. The highest BCUT2D eigenvalue weighted by Crippen LogP contribution is 2.55. The van der Waals surface area contributed by atoms with E-state index in [1.807, 2.05) is 0 Å².